The first kappa shape index (κ1) is 32.4. The molecule has 9 aromatic rings. The van der Waals surface area contributed by atoms with Crippen LogP contribution in [0.15, 0.2) is 170 Å². The molecule has 2 atom stereocenters. The van der Waals surface area contributed by atoms with Crippen molar-refractivity contribution in [3.63, 3.8) is 0 Å². The van der Waals surface area contributed by atoms with Gasteiger partial charge in [0.25, 0.3) is 0 Å². The van der Waals surface area contributed by atoms with Gasteiger partial charge in [0.1, 0.15) is 0 Å². The van der Waals surface area contributed by atoms with Crippen LogP contribution in [0.5, 0.6) is 0 Å². The van der Waals surface area contributed by atoms with Crippen molar-refractivity contribution in [1.82, 2.24) is 24.9 Å². The molecule has 0 saturated heterocycles. The second-order valence-corrected chi connectivity index (χ2v) is 16.0. The van der Waals surface area contributed by atoms with Crippen LogP contribution in [-0.4, -0.2) is 24.9 Å². The Morgan fingerprint density at radius 1 is 0.368 bits per heavy atom. The van der Waals surface area contributed by atoms with Crippen molar-refractivity contribution in [1.29, 1.82) is 0 Å². The van der Waals surface area contributed by atoms with E-state index in [-0.39, 0.29) is 0 Å². The number of hydrogen-bond acceptors (Lipinski definition) is 5. The van der Waals surface area contributed by atoms with E-state index in [9.17, 15) is 0 Å². The molecule has 2 aromatic heterocycles. The van der Waals surface area contributed by atoms with Gasteiger partial charge in [-0.2, -0.15) is 0 Å². The highest BCUT2D eigenvalue weighted by molar-refractivity contribution is 6.04. The Balaban J connectivity index is 0.999. The van der Waals surface area contributed by atoms with Gasteiger partial charge in [-0.1, -0.05) is 158 Å². The minimum Gasteiger partial charge on any atom is -0.228 e. The maximum absolute atomic E-state index is 5.25. The molecule has 57 heavy (non-hydrogen) atoms. The third-order valence-corrected chi connectivity index (χ3v) is 13.1. The molecule has 3 saturated carbocycles. The first-order chi connectivity index (χ1) is 28.2. The molecule has 3 aliphatic rings. The van der Waals surface area contributed by atoms with Crippen LogP contribution in [0.4, 0.5) is 0 Å². The summed E-state index contributed by atoms with van der Waals surface area (Å²) < 4.78 is 0. The van der Waals surface area contributed by atoms with E-state index in [2.05, 4.69) is 133 Å². The van der Waals surface area contributed by atoms with Gasteiger partial charge in [-0.3, -0.25) is 0 Å². The van der Waals surface area contributed by atoms with E-state index in [1.807, 2.05) is 36.4 Å². The molecule has 2 unspecified atom stereocenters. The van der Waals surface area contributed by atoms with E-state index >= 15 is 0 Å². The van der Waals surface area contributed by atoms with Gasteiger partial charge in [0, 0.05) is 33.4 Å². The lowest BCUT2D eigenvalue weighted by molar-refractivity contribution is -0.214. The maximum Gasteiger partial charge on any atom is 0.164 e. The number of nitrogens with zero attached hydrogens (tertiary/aromatic N) is 5. The van der Waals surface area contributed by atoms with Gasteiger partial charge >= 0.3 is 0 Å². The molecule has 3 aliphatic carbocycles. The zero-order valence-corrected chi connectivity index (χ0v) is 31.2. The SMILES string of the molecule is c1ccc(-c2nc(-c3ccc(C4C5CC6CC4C65)cc3)cc(-c3ccc(-c4nc(-c5ccccc5)nc(-c5cccc6ccccc56)n4)c4ccccc34)n2)cc1. The van der Waals surface area contributed by atoms with E-state index < -0.39 is 0 Å². The summed E-state index contributed by atoms with van der Waals surface area (Å²) in [4.78, 5) is 25.8. The minimum atomic E-state index is 0.625. The van der Waals surface area contributed by atoms with Gasteiger partial charge in [0.2, 0.25) is 0 Å². The summed E-state index contributed by atoms with van der Waals surface area (Å²) in [5, 5.41) is 4.36. The zero-order valence-electron chi connectivity index (χ0n) is 31.2. The first-order valence-electron chi connectivity index (χ1n) is 20.1. The quantitative estimate of drug-likeness (QED) is 0.163. The van der Waals surface area contributed by atoms with Gasteiger partial charge in [0.15, 0.2) is 23.3 Å². The average molecular weight is 732 g/mol. The summed E-state index contributed by atoms with van der Waals surface area (Å²) in [6.07, 6.45) is 2.87. The summed E-state index contributed by atoms with van der Waals surface area (Å²) in [5.41, 5.74) is 9.27. The van der Waals surface area contributed by atoms with Crippen LogP contribution < -0.4 is 0 Å². The Labute approximate surface area is 331 Å². The lowest BCUT2D eigenvalue weighted by Crippen LogP contribution is -2.65. The predicted octanol–water partition coefficient (Wildman–Crippen LogP) is 12.3. The number of rotatable bonds is 7. The maximum atomic E-state index is 5.25. The molecule has 2 heterocycles. The van der Waals surface area contributed by atoms with Crippen LogP contribution in [0.2, 0.25) is 0 Å². The van der Waals surface area contributed by atoms with Crippen molar-refractivity contribution in [2.24, 2.45) is 23.7 Å². The van der Waals surface area contributed by atoms with Crippen LogP contribution in [0.25, 0.3) is 89.6 Å². The van der Waals surface area contributed by atoms with Crippen molar-refractivity contribution in [3.05, 3.63) is 175 Å². The largest absolute Gasteiger partial charge is 0.228 e. The van der Waals surface area contributed by atoms with Gasteiger partial charge in [-0.05, 0) is 81.7 Å². The molecule has 0 radical (unpaired) electrons. The second-order valence-electron chi connectivity index (χ2n) is 16.0. The average Bonchev–Trinajstić information content (AvgIpc) is 3.28. The molecular weight excluding hydrogens is 695 g/mol. The summed E-state index contributed by atoms with van der Waals surface area (Å²) in [5.74, 6) is 7.25. The van der Waals surface area contributed by atoms with Crippen LogP contribution in [0.1, 0.15) is 24.3 Å². The summed E-state index contributed by atoms with van der Waals surface area (Å²) in [6.45, 7) is 0. The topological polar surface area (TPSA) is 64.5 Å². The Morgan fingerprint density at radius 3 is 1.56 bits per heavy atom. The van der Waals surface area contributed by atoms with E-state index in [0.717, 1.165) is 95.9 Å². The third-order valence-electron chi connectivity index (χ3n) is 13.1. The molecule has 0 amide bonds. The predicted molar refractivity (Wildman–Crippen MR) is 229 cm³/mol. The molecule has 0 aliphatic heterocycles. The van der Waals surface area contributed by atoms with E-state index in [0.29, 0.717) is 23.3 Å². The Kier molecular flexibility index (Phi) is 7.31. The minimum absolute atomic E-state index is 0.625. The molecule has 5 heteroatoms. The lowest BCUT2D eigenvalue weighted by atomic mass is 9.31. The molecule has 5 nitrogen and oxygen atoms in total. The molecule has 0 bridgehead atoms. The normalized spacial score (nSPS) is 20.3. The van der Waals surface area contributed by atoms with Crippen molar-refractivity contribution in [2.75, 3.05) is 0 Å². The molecule has 12 rings (SSSR count). The summed E-state index contributed by atoms with van der Waals surface area (Å²) >= 11 is 0. The smallest absolute Gasteiger partial charge is 0.164 e. The number of aromatic nitrogens is 5. The highest BCUT2D eigenvalue weighted by Crippen LogP contribution is 2.75. The van der Waals surface area contributed by atoms with Crippen molar-refractivity contribution < 1.29 is 0 Å². The van der Waals surface area contributed by atoms with E-state index in [1.165, 1.54) is 18.4 Å². The standard InChI is InChI=1S/C52H37N5/c1-3-13-34(14-4-1)49-53-45(32-22-24-33(25-23-32)47-43-28-36-29-44(47)48(36)43)30-46(54-49)40-26-27-42(39-20-10-9-19-38(39)40)52-56-50(35-15-5-2-6-16-35)55-51(57-52)41-21-11-17-31-12-7-8-18-37(31)41/h1-27,30,36,43-44,47-48H,28-29H2. The van der Waals surface area contributed by atoms with Crippen molar-refractivity contribution in [3.8, 4) is 68.1 Å². The number of benzene rings is 7. The van der Waals surface area contributed by atoms with Crippen LogP contribution in [-0.2, 0) is 0 Å². The summed E-state index contributed by atoms with van der Waals surface area (Å²) in [7, 11) is 0. The van der Waals surface area contributed by atoms with Crippen LogP contribution >= 0.6 is 0 Å². The fourth-order valence-electron chi connectivity index (χ4n) is 10.3. The molecule has 0 N–H and O–H groups in total. The van der Waals surface area contributed by atoms with Gasteiger partial charge in [-0.25, -0.2) is 24.9 Å². The molecular formula is C52H37N5. The fraction of sp³-hybridized carbons (Fsp3) is 0.135. The van der Waals surface area contributed by atoms with Crippen molar-refractivity contribution >= 4 is 21.5 Å². The Hall–Kier alpha value is -6.85. The fourth-order valence-corrected chi connectivity index (χ4v) is 10.3. The summed E-state index contributed by atoms with van der Waals surface area (Å²) in [6, 6.07) is 59.4. The Morgan fingerprint density at radius 2 is 0.895 bits per heavy atom. The molecule has 7 aromatic carbocycles. The highest BCUT2D eigenvalue weighted by Gasteiger charge is 2.67. The van der Waals surface area contributed by atoms with Gasteiger partial charge in [0.05, 0.1) is 11.4 Å². The van der Waals surface area contributed by atoms with Gasteiger partial charge < -0.3 is 0 Å². The first-order valence-corrected chi connectivity index (χ1v) is 20.1. The van der Waals surface area contributed by atoms with E-state index in [4.69, 9.17) is 24.9 Å². The van der Waals surface area contributed by atoms with Crippen LogP contribution in [0.3, 0.4) is 0 Å². The second kappa shape index (κ2) is 12.9. The molecule has 3 fully saturated rings. The molecule has 0 spiro atoms. The van der Waals surface area contributed by atoms with E-state index in [1.54, 1.807) is 0 Å². The number of fused-ring (bicyclic) bond motifs is 2. The lowest BCUT2D eigenvalue weighted by Gasteiger charge is -2.73. The highest BCUT2D eigenvalue weighted by atomic mass is 15.0. The van der Waals surface area contributed by atoms with Crippen LogP contribution in [0, 0.1) is 23.7 Å². The monoisotopic (exact) mass is 731 g/mol. The van der Waals surface area contributed by atoms with Gasteiger partial charge in [-0.15, -0.1) is 0 Å². The Bertz CT molecular complexity index is 2980. The van der Waals surface area contributed by atoms with Crippen molar-refractivity contribution in [2.45, 2.75) is 18.8 Å². The third kappa shape index (κ3) is 5.26. The number of hydrogen-bond donors (Lipinski definition) is 0. The zero-order chi connectivity index (χ0) is 37.5. The molecule has 270 valence electrons.